The average molecular weight is 387 g/mol. The van der Waals surface area contributed by atoms with Crippen LogP contribution in [0.1, 0.15) is 65.5 Å². The highest BCUT2D eigenvalue weighted by molar-refractivity contribution is 5.44. The lowest BCUT2D eigenvalue weighted by molar-refractivity contribution is 0.265. The van der Waals surface area contributed by atoms with Gasteiger partial charge in [-0.1, -0.05) is 41.5 Å². The Labute approximate surface area is 169 Å². The van der Waals surface area contributed by atoms with Gasteiger partial charge in [0.1, 0.15) is 23.0 Å². The summed E-state index contributed by atoms with van der Waals surface area (Å²) in [4.78, 5) is 0. The van der Waals surface area contributed by atoms with E-state index < -0.39 is 0 Å². The van der Waals surface area contributed by atoms with Gasteiger partial charge in [-0.3, -0.25) is 0 Å². The molecule has 4 nitrogen and oxygen atoms in total. The molecule has 0 atom stereocenters. The zero-order valence-corrected chi connectivity index (χ0v) is 18.0. The first-order valence-corrected chi connectivity index (χ1v) is 9.91. The van der Waals surface area contributed by atoms with Crippen molar-refractivity contribution in [2.45, 2.75) is 65.2 Å². The molecule has 0 aliphatic heterocycles. The van der Waals surface area contributed by atoms with Gasteiger partial charge < -0.3 is 19.7 Å². The number of rotatable bonds is 7. The largest absolute Gasteiger partial charge is 0.508 e. The van der Waals surface area contributed by atoms with Gasteiger partial charge in [-0.25, -0.2) is 0 Å². The quantitative estimate of drug-likeness (QED) is 0.579. The summed E-state index contributed by atoms with van der Waals surface area (Å²) < 4.78 is 11.7. The van der Waals surface area contributed by atoms with Crippen LogP contribution in [0.15, 0.2) is 36.4 Å². The van der Waals surface area contributed by atoms with E-state index in [0.29, 0.717) is 24.7 Å². The lowest BCUT2D eigenvalue weighted by Gasteiger charge is -2.21. The van der Waals surface area contributed by atoms with Crippen LogP contribution >= 0.6 is 0 Å². The summed E-state index contributed by atoms with van der Waals surface area (Å²) in [5.74, 6) is 2.16. The monoisotopic (exact) mass is 386 g/mol. The van der Waals surface area contributed by atoms with Crippen LogP contribution in [-0.4, -0.2) is 23.4 Å². The van der Waals surface area contributed by atoms with Gasteiger partial charge in [0.05, 0.1) is 13.2 Å². The Hall–Kier alpha value is -2.36. The SMILES string of the molecule is CC(C)(C)c1cc(OCCCCOc2ccc(O)c(C(C)(C)C)c2)ccc1O. The number of hydrogen-bond donors (Lipinski definition) is 2. The zero-order valence-electron chi connectivity index (χ0n) is 18.0. The number of aromatic hydroxyl groups is 2. The van der Waals surface area contributed by atoms with Crippen molar-refractivity contribution in [3.8, 4) is 23.0 Å². The molecule has 0 amide bonds. The number of benzene rings is 2. The van der Waals surface area contributed by atoms with Gasteiger partial charge in [-0.2, -0.15) is 0 Å². The van der Waals surface area contributed by atoms with Gasteiger partial charge in [0, 0.05) is 11.1 Å². The summed E-state index contributed by atoms with van der Waals surface area (Å²) in [5.41, 5.74) is 1.51. The average Bonchev–Trinajstić information content (AvgIpc) is 2.58. The fourth-order valence-electron chi connectivity index (χ4n) is 3.00. The number of phenolic OH excluding ortho intramolecular Hbond substituents is 2. The van der Waals surface area contributed by atoms with Crippen LogP contribution in [0.5, 0.6) is 23.0 Å². The molecule has 0 spiro atoms. The molecule has 0 heterocycles. The minimum absolute atomic E-state index is 0.132. The van der Waals surface area contributed by atoms with E-state index in [9.17, 15) is 10.2 Å². The first kappa shape index (κ1) is 21.9. The van der Waals surface area contributed by atoms with Crippen LogP contribution in [0.3, 0.4) is 0 Å². The fourth-order valence-corrected chi connectivity index (χ4v) is 3.00. The van der Waals surface area contributed by atoms with Crippen molar-refractivity contribution in [3.05, 3.63) is 47.5 Å². The maximum Gasteiger partial charge on any atom is 0.119 e. The molecule has 0 bridgehead atoms. The predicted octanol–water partition coefficient (Wildman–Crippen LogP) is 5.93. The van der Waals surface area contributed by atoms with E-state index in [1.165, 1.54) is 0 Å². The molecule has 0 fully saturated rings. The number of hydrogen-bond acceptors (Lipinski definition) is 4. The highest BCUT2D eigenvalue weighted by atomic mass is 16.5. The summed E-state index contributed by atoms with van der Waals surface area (Å²) >= 11 is 0. The Balaban J connectivity index is 1.79. The first-order valence-electron chi connectivity index (χ1n) is 9.91. The maximum absolute atomic E-state index is 10.0. The second-order valence-corrected chi connectivity index (χ2v) is 9.26. The highest BCUT2D eigenvalue weighted by Gasteiger charge is 2.19. The minimum Gasteiger partial charge on any atom is -0.508 e. The second kappa shape index (κ2) is 8.76. The third-order valence-corrected chi connectivity index (χ3v) is 4.63. The highest BCUT2D eigenvalue weighted by Crippen LogP contribution is 2.34. The fraction of sp³-hybridized carbons (Fsp3) is 0.500. The second-order valence-electron chi connectivity index (χ2n) is 9.26. The lowest BCUT2D eigenvalue weighted by atomic mass is 9.86. The molecule has 0 unspecified atom stereocenters. The topological polar surface area (TPSA) is 58.9 Å². The van der Waals surface area contributed by atoms with Crippen molar-refractivity contribution in [2.75, 3.05) is 13.2 Å². The van der Waals surface area contributed by atoms with Crippen LogP contribution in [-0.2, 0) is 10.8 Å². The standard InChI is InChI=1S/C24H34O4/c1-23(2,3)19-15-17(9-11-21(19)25)27-13-7-8-14-28-18-10-12-22(26)20(16-18)24(4,5)6/h9-12,15-16,25-26H,7-8,13-14H2,1-6H3. The molecule has 2 rings (SSSR count). The van der Waals surface area contributed by atoms with Gasteiger partial charge >= 0.3 is 0 Å². The zero-order chi connectivity index (χ0) is 20.9. The third-order valence-electron chi connectivity index (χ3n) is 4.63. The van der Waals surface area contributed by atoms with Crippen molar-refractivity contribution in [3.63, 3.8) is 0 Å². The van der Waals surface area contributed by atoms with Gasteiger partial charge in [-0.05, 0) is 60.1 Å². The van der Waals surface area contributed by atoms with Crippen molar-refractivity contribution >= 4 is 0 Å². The molecule has 154 valence electrons. The molecule has 0 aromatic heterocycles. The summed E-state index contributed by atoms with van der Waals surface area (Å²) in [7, 11) is 0. The van der Waals surface area contributed by atoms with Crippen molar-refractivity contribution in [1.29, 1.82) is 0 Å². The molecular formula is C24H34O4. The number of ether oxygens (including phenoxy) is 2. The van der Waals surface area contributed by atoms with Crippen LogP contribution in [0.2, 0.25) is 0 Å². The van der Waals surface area contributed by atoms with Crippen LogP contribution < -0.4 is 9.47 Å². The molecule has 0 radical (unpaired) electrons. The summed E-state index contributed by atoms with van der Waals surface area (Å²) in [5, 5.41) is 20.0. The maximum atomic E-state index is 10.0. The summed E-state index contributed by atoms with van der Waals surface area (Å²) in [6.07, 6.45) is 1.74. The molecule has 0 aliphatic rings. The summed E-state index contributed by atoms with van der Waals surface area (Å²) in [6, 6.07) is 10.8. The van der Waals surface area contributed by atoms with E-state index in [4.69, 9.17) is 9.47 Å². The molecule has 0 aliphatic carbocycles. The normalized spacial score (nSPS) is 12.1. The van der Waals surface area contributed by atoms with Crippen molar-refractivity contribution in [1.82, 2.24) is 0 Å². The van der Waals surface area contributed by atoms with Crippen LogP contribution in [0.4, 0.5) is 0 Å². The Kier molecular flexibility index (Phi) is 6.87. The van der Waals surface area contributed by atoms with Gasteiger partial charge in [-0.15, -0.1) is 0 Å². The molecule has 2 N–H and O–H groups in total. The number of unbranched alkanes of at least 4 members (excludes halogenated alkanes) is 1. The van der Waals surface area contributed by atoms with E-state index in [-0.39, 0.29) is 10.8 Å². The lowest BCUT2D eigenvalue weighted by Crippen LogP contribution is -2.12. The third kappa shape index (κ3) is 6.08. The Morgan fingerprint density at radius 2 is 1.00 bits per heavy atom. The Bertz CT molecular complexity index is 715. The van der Waals surface area contributed by atoms with E-state index in [1.54, 1.807) is 24.3 Å². The van der Waals surface area contributed by atoms with E-state index >= 15 is 0 Å². The summed E-state index contributed by atoms with van der Waals surface area (Å²) in [6.45, 7) is 13.6. The number of phenols is 2. The van der Waals surface area contributed by atoms with E-state index in [0.717, 1.165) is 35.5 Å². The van der Waals surface area contributed by atoms with E-state index in [2.05, 4.69) is 41.5 Å². The molecule has 4 heteroatoms. The molecular weight excluding hydrogens is 352 g/mol. The minimum atomic E-state index is -0.132. The predicted molar refractivity (Wildman–Crippen MR) is 114 cm³/mol. The Morgan fingerprint density at radius 1 is 0.643 bits per heavy atom. The van der Waals surface area contributed by atoms with Gasteiger partial charge in [0.25, 0.3) is 0 Å². The molecule has 2 aromatic rings. The molecule has 2 aromatic carbocycles. The Morgan fingerprint density at radius 3 is 1.32 bits per heavy atom. The molecule has 0 saturated carbocycles. The van der Waals surface area contributed by atoms with Crippen LogP contribution in [0.25, 0.3) is 0 Å². The molecule has 0 saturated heterocycles. The van der Waals surface area contributed by atoms with Crippen molar-refractivity contribution in [2.24, 2.45) is 0 Å². The van der Waals surface area contributed by atoms with Crippen LogP contribution in [0, 0.1) is 0 Å². The van der Waals surface area contributed by atoms with Gasteiger partial charge in [0.2, 0.25) is 0 Å². The molecule has 28 heavy (non-hydrogen) atoms. The van der Waals surface area contributed by atoms with E-state index in [1.807, 2.05) is 12.1 Å². The van der Waals surface area contributed by atoms with Crippen molar-refractivity contribution < 1.29 is 19.7 Å². The smallest absolute Gasteiger partial charge is 0.119 e. The first-order chi connectivity index (χ1) is 13.0. The van der Waals surface area contributed by atoms with Gasteiger partial charge in [0.15, 0.2) is 0 Å².